The third-order valence-electron chi connectivity index (χ3n) is 4.83. The SMILES string of the molecule is NCC1(N(CC2CC2)CC2CC2)CCOCC1. The van der Waals surface area contributed by atoms with E-state index in [-0.39, 0.29) is 5.54 Å². The molecule has 0 spiro atoms. The summed E-state index contributed by atoms with van der Waals surface area (Å²) in [6.07, 6.45) is 8.05. The van der Waals surface area contributed by atoms with Gasteiger partial charge in [-0.05, 0) is 50.4 Å². The summed E-state index contributed by atoms with van der Waals surface area (Å²) >= 11 is 0. The molecule has 2 aliphatic carbocycles. The van der Waals surface area contributed by atoms with E-state index in [1.807, 2.05) is 0 Å². The van der Waals surface area contributed by atoms with E-state index in [1.165, 1.54) is 38.8 Å². The number of ether oxygens (including phenoxy) is 1. The van der Waals surface area contributed by atoms with Gasteiger partial charge in [0, 0.05) is 38.4 Å². The molecule has 3 fully saturated rings. The topological polar surface area (TPSA) is 38.5 Å². The highest BCUT2D eigenvalue weighted by Gasteiger charge is 2.41. The van der Waals surface area contributed by atoms with Gasteiger partial charge < -0.3 is 10.5 Å². The van der Waals surface area contributed by atoms with Crippen molar-refractivity contribution in [2.45, 2.75) is 44.1 Å². The van der Waals surface area contributed by atoms with Crippen LogP contribution in [0.2, 0.25) is 0 Å². The fourth-order valence-corrected chi connectivity index (χ4v) is 3.09. The molecular formula is C14H26N2O. The maximum atomic E-state index is 6.13. The Morgan fingerprint density at radius 3 is 1.94 bits per heavy atom. The smallest absolute Gasteiger partial charge is 0.0484 e. The van der Waals surface area contributed by atoms with Crippen LogP contribution in [0.3, 0.4) is 0 Å². The van der Waals surface area contributed by atoms with Gasteiger partial charge in [-0.15, -0.1) is 0 Å². The Kier molecular flexibility index (Phi) is 3.42. The molecule has 0 radical (unpaired) electrons. The van der Waals surface area contributed by atoms with E-state index < -0.39 is 0 Å². The van der Waals surface area contributed by atoms with E-state index in [1.54, 1.807) is 0 Å². The summed E-state index contributed by atoms with van der Waals surface area (Å²) in [6.45, 7) is 5.23. The summed E-state index contributed by atoms with van der Waals surface area (Å²) in [7, 11) is 0. The molecule has 3 aliphatic rings. The van der Waals surface area contributed by atoms with Gasteiger partial charge >= 0.3 is 0 Å². The molecule has 3 nitrogen and oxygen atoms in total. The molecule has 17 heavy (non-hydrogen) atoms. The van der Waals surface area contributed by atoms with Crippen molar-refractivity contribution in [2.24, 2.45) is 17.6 Å². The van der Waals surface area contributed by atoms with Gasteiger partial charge in [0.1, 0.15) is 0 Å². The summed E-state index contributed by atoms with van der Waals surface area (Å²) in [5, 5.41) is 0. The van der Waals surface area contributed by atoms with Gasteiger partial charge in [0.25, 0.3) is 0 Å². The lowest BCUT2D eigenvalue weighted by Crippen LogP contribution is -2.58. The van der Waals surface area contributed by atoms with Crippen LogP contribution in [-0.4, -0.2) is 43.3 Å². The summed E-state index contributed by atoms with van der Waals surface area (Å²) in [5.74, 6) is 1.94. The molecule has 0 bridgehead atoms. The van der Waals surface area contributed by atoms with Gasteiger partial charge in [0.2, 0.25) is 0 Å². The van der Waals surface area contributed by atoms with Crippen LogP contribution in [0, 0.1) is 11.8 Å². The molecule has 1 saturated heterocycles. The predicted octanol–water partition coefficient (Wildman–Crippen LogP) is 1.62. The van der Waals surface area contributed by atoms with E-state index in [4.69, 9.17) is 10.5 Å². The van der Waals surface area contributed by atoms with Crippen LogP contribution in [0.1, 0.15) is 38.5 Å². The van der Waals surface area contributed by atoms with Crippen LogP contribution < -0.4 is 5.73 Å². The second kappa shape index (κ2) is 4.87. The van der Waals surface area contributed by atoms with E-state index >= 15 is 0 Å². The van der Waals surface area contributed by atoms with Gasteiger partial charge in [-0.3, -0.25) is 4.90 Å². The first-order chi connectivity index (χ1) is 8.32. The highest BCUT2D eigenvalue weighted by molar-refractivity contribution is 4.97. The molecule has 2 saturated carbocycles. The minimum atomic E-state index is 0.267. The van der Waals surface area contributed by atoms with Crippen molar-refractivity contribution in [3.63, 3.8) is 0 Å². The molecule has 1 aliphatic heterocycles. The summed E-state index contributed by atoms with van der Waals surface area (Å²) in [4.78, 5) is 2.75. The lowest BCUT2D eigenvalue weighted by atomic mass is 9.87. The second-order valence-corrected chi connectivity index (χ2v) is 6.33. The molecule has 2 N–H and O–H groups in total. The van der Waals surface area contributed by atoms with Crippen molar-refractivity contribution in [1.82, 2.24) is 4.90 Å². The van der Waals surface area contributed by atoms with Crippen LogP contribution in [-0.2, 0) is 4.74 Å². The first-order valence-corrected chi connectivity index (χ1v) is 7.35. The molecule has 0 aromatic heterocycles. The van der Waals surface area contributed by atoms with Crippen LogP contribution in [0.15, 0.2) is 0 Å². The van der Waals surface area contributed by atoms with Gasteiger partial charge in [-0.2, -0.15) is 0 Å². The van der Waals surface area contributed by atoms with Gasteiger partial charge in [0.15, 0.2) is 0 Å². The average molecular weight is 238 g/mol. The number of hydrogen-bond donors (Lipinski definition) is 1. The van der Waals surface area contributed by atoms with Crippen LogP contribution in [0.4, 0.5) is 0 Å². The third-order valence-corrected chi connectivity index (χ3v) is 4.83. The summed E-state index contributed by atoms with van der Waals surface area (Å²) < 4.78 is 5.54. The molecule has 98 valence electrons. The molecule has 0 unspecified atom stereocenters. The Bertz CT molecular complexity index is 241. The van der Waals surface area contributed by atoms with E-state index in [9.17, 15) is 0 Å². The Labute approximate surface area is 105 Å². The predicted molar refractivity (Wildman–Crippen MR) is 68.9 cm³/mol. The zero-order valence-electron chi connectivity index (χ0n) is 10.9. The fourth-order valence-electron chi connectivity index (χ4n) is 3.09. The number of nitrogens with two attached hydrogens (primary N) is 1. The number of hydrogen-bond acceptors (Lipinski definition) is 3. The quantitative estimate of drug-likeness (QED) is 0.764. The highest BCUT2D eigenvalue weighted by Crippen LogP contribution is 2.38. The Hall–Kier alpha value is -0.120. The van der Waals surface area contributed by atoms with Crippen molar-refractivity contribution >= 4 is 0 Å². The molecule has 3 rings (SSSR count). The fraction of sp³-hybridized carbons (Fsp3) is 1.00. The molecule has 3 heteroatoms. The third kappa shape index (κ3) is 2.83. The lowest BCUT2D eigenvalue weighted by molar-refractivity contribution is -0.0282. The van der Waals surface area contributed by atoms with Gasteiger partial charge in [0.05, 0.1) is 0 Å². The first kappa shape index (κ1) is 11.9. The summed E-state index contributed by atoms with van der Waals surface area (Å²) in [5.41, 5.74) is 6.40. The van der Waals surface area contributed by atoms with Crippen molar-refractivity contribution in [3.05, 3.63) is 0 Å². The van der Waals surface area contributed by atoms with E-state index in [0.717, 1.165) is 44.4 Å². The Balaban J connectivity index is 1.67. The van der Waals surface area contributed by atoms with E-state index in [2.05, 4.69) is 4.90 Å². The standard InChI is InChI=1S/C14H26N2O/c15-11-14(5-7-17-8-6-14)16(9-12-1-2-12)10-13-3-4-13/h12-13H,1-11,15H2. The van der Waals surface area contributed by atoms with E-state index in [0.29, 0.717) is 0 Å². The largest absolute Gasteiger partial charge is 0.381 e. The maximum absolute atomic E-state index is 6.13. The molecule has 0 amide bonds. The van der Waals surface area contributed by atoms with Crippen LogP contribution in [0.5, 0.6) is 0 Å². The van der Waals surface area contributed by atoms with Crippen molar-refractivity contribution in [3.8, 4) is 0 Å². The zero-order valence-corrected chi connectivity index (χ0v) is 10.9. The van der Waals surface area contributed by atoms with Gasteiger partial charge in [-0.1, -0.05) is 0 Å². The van der Waals surface area contributed by atoms with Crippen molar-refractivity contribution in [1.29, 1.82) is 0 Å². The molecule has 0 aromatic carbocycles. The lowest BCUT2D eigenvalue weighted by Gasteiger charge is -2.46. The van der Waals surface area contributed by atoms with Crippen LogP contribution >= 0.6 is 0 Å². The summed E-state index contributed by atoms with van der Waals surface area (Å²) in [6, 6.07) is 0. The monoisotopic (exact) mass is 238 g/mol. The molecule has 0 atom stereocenters. The minimum absolute atomic E-state index is 0.267. The Morgan fingerprint density at radius 1 is 1.00 bits per heavy atom. The minimum Gasteiger partial charge on any atom is -0.381 e. The van der Waals surface area contributed by atoms with Crippen molar-refractivity contribution in [2.75, 3.05) is 32.8 Å². The van der Waals surface area contributed by atoms with Crippen molar-refractivity contribution < 1.29 is 4.74 Å². The maximum Gasteiger partial charge on any atom is 0.0484 e. The zero-order chi connectivity index (χ0) is 11.7. The molecular weight excluding hydrogens is 212 g/mol. The first-order valence-electron chi connectivity index (χ1n) is 7.35. The van der Waals surface area contributed by atoms with Gasteiger partial charge in [-0.25, -0.2) is 0 Å². The number of rotatable bonds is 6. The average Bonchev–Trinajstić information content (AvgIpc) is 3.24. The molecule has 1 heterocycles. The highest BCUT2D eigenvalue weighted by atomic mass is 16.5. The Morgan fingerprint density at radius 2 is 1.53 bits per heavy atom. The molecule has 0 aromatic rings. The normalized spacial score (nSPS) is 28.6. The van der Waals surface area contributed by atoms with Crippen LogP contribution in [0.25, 0.3) is 0 Å². The second-order valence-electron chi connectivity index (χ2n) is 6.33. The number of nitrogens with zero attached hydrogens (tertiary/aromatic N) is 1.